The number of aryl methyl sites for hydroxylation is 1. The summed E-state index contributed by atoms with van der Waals surface area (Å²) in [6.45, 7) is 4.94. The lowest BCUT2D eigenvalue weighted by Gasteiger charge is -2.32. The molecule has 3 aromatic rings. The van der Waals surface area contributed by atoms with Crippen molar-refractivity contribution in [3.63, 3.8) is 0 Å². The lowest BCUT2D eigenvalue weighted by atomic mass is 9.88. The fraction of sp³-hybridized carbons (Fsp3) is 0.393. The summed E-state index contributed by atoms with van der Waals surface area (Å²) in [6.07, 6.45) is 2.01. The van der Waals surface area contributed by atoms with E-state index in [4.69, 9.17) is 4.74 Å². The van der Waals surface area contributed by atoms with Gasteiger partial charge >= 0.3 is 5.97 Å². The Morgan fingerprint density at radius 3 is 2.53 bits per heavy atom. The Hall–Kier alpha value is -3.81. The minimum atomic E-state index is -0.475. The lowest BCUT2D eigenvalue weighted by molar-refractivity contribution is -0.133. The van der Waals surface area contributed by atoms with E-state index in [1.165, 1.54) is 7.11 Å². The van der Waals surface area contributed by atoms with Gasteiger partial charge in [-0.3, -0.25) is 14.4 Å². The number of piperidine rings is 1. The molecular weight excluding hydrogens is 458 g/mol. The van der Waals surface area contributed by atoms with E-state index in [2.05, 4.69) is 9.97 Å². The number of esters is 1. The molecule has 2 aromatic carbocycles. The molecule has 188 valence electrons. The van der Waals surface area contributed by atoms with Gasteiger partial charge in [0.25, 0.3) is 5.56 Å². The number of para-hydroxylation sites is 1. The number of hydrogen-bond donors (Lipinski definition) is 1. The molecule has 8 nitrogen and oxygen atoms in total. The van der Waals surface area contributed by atoms with Crippen LogP contribution in [0.5, 0.6) is 0 Å². The lowest BCUT2D eigenvalue weighted by Crippen LogP contribution is -2.41. The van der Waals surface area contributed by atoms with Gasteiger partial charge in [0, 0.05) is 37.4 Å². The summed E-state index contributed by atoms with van der Waals surface area (Å²) >= 11 is 0. The van der Waals surface area contributed by atoms with E-state index < -0.39 is 5.97 Å². The van der Waals surface area contributed by atoms with E-state index in [-0.39, 0.29) is 29.1 Å². The number of aromatic nitrogens is 2. The third-order valence-electron chi connectivity index (χ3n) is 6.84. The molecule has 1 aliphatic heterocycles. The number of nitrogens with one attached hydrogen (secondary N) is 1. The number of benzene rings is 2. The van der Waals surface area contributed by atoms with E-state index in [0.29, 0.717) is 66.6 Å². The average molecular weight is 490 g/mol. The number of ketones is 1. The zero-order valence-corrected chi connectivity index (χ0v) is 20.9. The van der Waals surface area contributed by atoms with Gasteiger partial charge in [-0.2, -0.15) is 0 Å². The molecule has 1 atom stereocenters. The zero-order chi connectivity index (χ0) is 25.8. The number of likely N-dealkylation sites (tertiary alicyclic amines) is 1. The van der Waals surface area contributed by atoms with Crippen LogP contribution >= 0.6 is 0 Å². The van der Waals surface area contributed by atoms with Gasteiger partial charge in [0.2, 0.25) is 5.91 Å². The minimum Gasteiger partial charge on any atom is -0.465 e. The van der Waals surface area contributed by atoms with E-state index in [1.807, 2.05) is 30.9 Å². The Kier molecular flexibility index (Phi) is 7.62. The standard InChI is InChI=1S/C28H31N3O5/c1-17(14-23-29-25-18(2)6-4-9-22(25)27(34)30-23)15-24(32)31-12-10-19(11-13-31)26(33)20-7-5-8-21(16-20)28(35)36-3/h4-9,16-17,19H,10-15H2,1-3H3,(H,29,30,34). The summed E-state index contributed by atoms with van der Waals surface area (Å²) < 4.78 is 4.74. The van der Waals surface area contributed by atoms with Gasteiger partial charge in [-0.05, 0) is 49.4 Å². The van der Waals surface area contributed by atoms with Crippen LogP contribution in [0.4, 0.5) is 0 Å². The molecule has 1 N–H and O–H groups in total. The minimum absolute atomic E-state index is 0.00235. The SMILES string of the molecule is COC(=O)c1cccc(C(=O)C2CCN(C(=O)CC(C)Cc3nc4c(C)cccc4c(=O)[nH]3)CC2)c1. The van der Waals surface area contributed by atoms with Crippen molar-refractivity contribution in [2.45, 2.75) is 39.5 Å². The summed E-state index contributed by atoms with van der Waals surface area (Å²) in [5, 5.41) is 0.567. The van der Waals surface area contributed by atoms with Crippen LogP contribution in [0.2, 0.25) is 0 Å². The van der Waals surface area contributed by atoms with Gasteiger partial charge in [0.1, 0.15) is 5.82 Å². The van der Waals surface area contributed by atoms with E-state index in [0.717, 1.165) is 5.56 Å². The maximum absolute atomic E-state index is 13.0. The van der Waals surface area contributed by atoms with Gasteiger partial charge in [0.15, 0.2) is 5.78 Å². The fourth-order valence-corrected chi connectivity index (χ4v) is 4.82. The van der Waals surface area contributed by atoms with Crippen LogP contribution in [0.3, 0.4) is 0 Å². The number of methoxy groups -OCH3 is 1. The molecule has 8 heteroatoms. The monoisotopic (exact) mass is 489 g/mol. The second-order valence-electron chi connectivity index (χ2n) is 9.59. The highest BCUT2D eigenvalue weighted by Gasteiger charge is 2.29. The van der Waals surface area contributed by atoms with Crippen molar-refractivity contribution >= 4 is 28.6 Å². The van der Waals surface area contributed by atoms with Crippen molar-refractivity contribution in [1.82, 2.24) is 14.9 Å². The zero-order valence-electron chi connectivity index (χ0n) is 20.9. The van der Waals surface area contributed by atoms with Crippen LogP contribution in [-0.2, 0) is 16.0 Å². The molecule has 36 heavy (non-hydrogen) atoms. The molecule has 0 spiro atoms. The molecule has 4 rings (SSSR count). The normalized spacial score (nSPS) is 15.0. The summed E-state index contributed by atoms with van der Waals surface area (Å²) in [7, 11) is 1.31. The topological polar surface area (TPSA) is 109 Å². The van der Waals surface area contributed by atoms with Crippen molar-refractivity contribution in [2.75, 3.05) is 20.2 Å². The molecule has 0 radical (unpaired) electrons. The first-order chi connectivity index (χ1) is 17.3. The summed E-state index contributed by atoms with van der Waals surface area (Å²) in [5.41, 5.74) is 2.31. The summed E-state index contributed by atoms with van der Waals surface area (Å²) in [4.78, 5) is 59.4. The largest absolute Gasteiger partial charge is 0.465 e. The van der Waals surface area contributed by atoms with Crippen molar-refractivity contribution in [3.05, 3.63) is 75.3 Å². The molecule has 1 amide bonds. The van der Waals surface area contributed by atoms with Crippen molar-refractivity contribution in [2.24, 2.45) is 11.8 Å². The number of fused-ring (bicyclic) bond motifs is 1. The van der Waals surface area contributed by atoms with Gasteiger partial charge in [0.05, 0.1) is 23.6 Å². The Morgan fingerprint density at radius 2 is 1.81 bits per heavy atom. The molecule has 0 aliphatic carbocycles. The average Bonchev–Trinajstić information content (AvgIpc) is 2.88. The number of carbonyl (C=O) groups excluding carboxylic acids is 3. The highest BCUT2D eigenvalue weighted by atomic mass is 16.5. The number of aromatic amines is 1. The summed E-state index contributed by atoms with van der Waals surface area (Å²) in [6, 6.07) is 12.1. The summed E-state index contributed by atoms with van der Waals surface area (Å²) in [5.74, 6) is -0.0434. The van der Waals surface area contributed by atoms with E-state index in [1.54, 1.807) is 30.3 Å². The molecule has 0 saturated carbocycles. The van der Waals surface area contributed by atoms with Crippen LogP contribution in [0.25, 0.3) is 10.9 Å². The third kappa shape index (κ3) is 5.53. The smallest absolute Gasteiger partial charge is 0.337 e. The number of carbonyl (C=O) groups is 3. The van der Waals surface area contributed by atoms with Crippen molar-refractivity contribution in [1.29, 1.82) is 0 Å². The Balaban J connectivity index is 1.32. The Labute approximate surface area is 209 Å². The number of amides is 1. The van der Waals surface area contributed by atoms with Gasteiger partial charge in [-0.1, -0.05) is 31.2 Å². The van der Waals surface area contributed by atoms with Crippen LogP contribution in [-0.4, -0.2) is 52.7 Å². The fourth-order valence-electron chi connectivity index (χ4n) is 4.82. The van der Waals surface area contributed by atoms with E-state index in [9.17, 15) is 19.2 Å². The first-order valence-corrected chi connectivity index (χ1v) is 12.3. The number of Topliss-reactive ketones (excluding diaryl/α,β-unsaturated/α-hetero) is 1. The highest BCUT2D eigenvalue weighted by Crippen LogP contribution is 2.24. The quantitative estimate of drug-likeness (QED) is 0.400. The molecular formula is C28H31N3O5. The van der Waals surface area contributed by atoms with Gasteiger partial charge in [-0.15, -0.1) is 0 Å². The molecule has 1 aliphatic rings. The van der Waals surface area contributed by atoms with Crippen LogP contribution in [0.15, 0.2) is 47.3 Å². The molecule has 1 unspecified atom stereocenters. The van der Waals surface area contributed by atoms with Crippen molar-refractivity contribution in [3.8, 4) is 0 Å². The first kappa shape index (κ1) is 25.3. The predicted octanol–water partition coefficient (Wildman–Crippen LogP) is 3.71. The van der Waals surface area contributed by atoms with Gasteiger partial charge < -0.3 is 14.6 Å². The van der Waals surface area contributed by atoms with Crippen LogP contribution in [0, 0.1) is 18.8 Å². The second kappa shape index (κ2) is 10.8. The number of H-pyrrole nitrogens is 1. The first-order valence-electron chi connectivity index (χ1n) is 12.3. The number of ether oxygens (including phenoxy) is 1. The molecule has 2 heterocycles. The maximum Gasteiger partial charge on any atom is 0.337 e. The van der Waals surface area contributed by atoms with Crippen LogP contribution in [0.1, 0.15) is 58.3 Å². The second-order valence-corrected chi connectivity index (χ2v) is 9.59. The highest BCUT2D eigenvalue weighted by molar-refractivity contribution is 6.00. The predicted molar refractivity (Wildman–Crippen MR) is 136 cm³/mol. The third-order valence-corrected chi connectivity index (χ3v) is 6.84. The van der Waals surface area contributed by atoms with Gasteiger partial charge in [-0.25, -0.2) is 9.78 Å². The van der Waals surface area contributed by atoms with Crippen molar-refractivity contribution < 1.29 is 19.1 Å². The molecule has 1 aromatic heterocycles. The number of hydrogen-bond acceptors (Lipinski definition) is 6. The molecule has 1 saturated heterocycles. The molecule has 1 fully saturated rings. The molecule has 0 bridgehead atoms. The number of nitrogens with zero attached hydrogens (tertiary/aromatic N) is 2. The maximum atomic E-state index is 13.0. The van der Waals surface area contributed by atoms with E-state index >= 15 is 0 Å². The number of rotatable bonds is 7. The Morgan fingerprint density at radius 1 is 1.11 bits per heavy atom. The van der Waals surface area contributed by atoms with Crippen LogP contribution < -0.4 is 5.56 Å². The Bertz CT molecular complexity index is 1350.